The van der Waals surface area contributed by atoms with Gasteiger partial charge in [0.2, 0.25) is 5.88 Å². The predicted molar refractivity (Wildman–Crippen MR) is 72.3 cm³/mol. The number of hydrogen-bond donors (Lipinski definition) is 0. The summed E-state index contributed by atoms with van der Waals surface area (Å²) in [6.45, 7) is 3.96. The maximum Gasteiger partial charge on any atom is 0.223 e. The first-order chi connectivity index (χ1) is 8.60. The molecule has 0 atom stereocenters. The Morgan fingerprint density at radius 1 is 1.06 bits per heavy atom. The lowest BCUT2D eigenvalue weighted by Gasteiger charge is -2.11. The van der Waals surface area contributed by atoms with E-state index in [0.717, 1.165) is 22.6 Å². The second-order valence-electron chi connectivity index (χ2n) is 3.87. The smallest absolute Gasteiger partial charge is 0.223 e. The van der Waals surface area contributed by atoms with Crippen LogP contribution in [0.15, 0.2) is 29.1 Å². The highest BCUT2D eigenvalue weighted by Gasteiger charge is 2.07. The van der Waals surface area contributed by atoms with Gasteiger partial charge in [-0.1, -0.05) is 0 Å². The molecule has 0 N–H and O–H groups in total. The van der Waals surface area contributed by atoms with Crippen LogP contribution >= 0.6 is 15.9 Å². The molecule has 4 nitrogen and oxygen atoms in total. The number of aryl methyl sites for hydroxylation is 2. The summed E-state index contributed by atoms with van der Waals surface area (Å²) in [6, 6.07) is 5.55. The average Bonchev–Trinajstić information content (AvgIpc) is 2.28. The van der Waals surface area contributed by atoms with Crippen molar-refractivity contribution in [3.63, 3.8) is 0 Å². The number of ether oxygens (including phenoxy) is 2. The molecule has 5 heteroatoms. The van der Waals surface area contributed by atoms with E-state index in [4.69, 9.17) is 9.47 Å². The first-order valence-electron chi connectivity index (χ1n) is 5.41. The van der Waals surface area contributed by atoms with Crippen LogP contribution in [-0.4, -0.2) is 17.1 Å². The standard InChI is InChI=1S/C13H13BrN2O2/c1-8-4-10(5-9(2)13(8)17-3)18-12-6-11(14)15-7-16-12/h4-7H,1-3H3. The van der Waals surface area contributed by atoms with Gasteiger partial charge in [0.15, 0.2) is 0 Å². The van der Waals surface area contributed by atoms with Gasteiger partial charge in [-0.3, -0.25) is 0 Å². The minimum Gasteiger partial charge on any atom is -0.496 e. The fraction of sp³-hybridized carbons (Fsp3) is 0.231. The van der Waals surface area contributed by atoms with Crippen molar-refractivity contribution in [1.29, 1.82) is 0 Å². The Labute approximate surface area is 114 Å². The third-order valence-corrected chi connectivity index (χ3v) is 2.90. The summed E-state index contributed by atoms with van der Waals surface area (Å²) in [4.78, 5) is 7.99. The Morgan fingerprint density at radius 3 is 2.28 bits per heavy atom. The van der Waals surface area contributed by atoms with E-state index in [9.17, 15) is 0 Å². The number of hydrogen-bond acceptors (Lipinski definition) is 4. The Kier molecular flexibility index (Phi) is 3.81. The molecule has 0 aliphatic heterocycles. The van der Waals surface area contributed by atoms with E-state index in [2.05, 4.69) is 25.9 Å². The van der Waals surface area contributed by atoms with E-state index in [1.54, 1.807) is 13.2 Å². The SMILES string of the molecule is COc1c(C)cc(Oc2cc(Br)ncn2)cc1C. The zero-order valence-electron chi connectivity index (χ0n) is 10.4. The van der Waals surface area contributed by atoms with Gasteiger partial charge in [0.25, 0.3) is 0 Å². The van der Waals surface area contributed by atoms with Crippen molar-refractivity contribution in [2.75, 3.05) is 7.11 Å². The average molecular weight is 309 g/mol. The van der Waals surface area contributed by atoms with E-state index < -0.39 is 0 Å². The van der Waals surface area contributed by atoms with Crippen LogP contribution in [0.2, 0.25) is 0 Å². The summed E-state index contributed by atoms with van der Waals surface area (Å²) in [5, 5.41) is 0. The molecule has 0 amide bonds. The second kappa shape index (κ2) is 5.35. The summed E-state index contributed by atoms with van der Waals surface area (Å²) in [7, 11) is 1.66. The fourth-order valence-electron chi connectivity index (χ4n) is 1.79. The zero-order valence-corrected chi connectivity index (χ0v) is 12.0. The van der Waals surface area contributed by atoms with Crippen LogP contribution < -0.4 is 9.47 Å². The van der Waals surface area contributed by atoms with Crippen molar-refractivity contribution in [3.05, 3.63) is 40.3 Å². The highest BCUT2D eigenvalue weighted by molar-refractivity contribution is 9.10. The van der Waals surface area contributed by atoms with Gasteiger partial charge in [0.1, 0.15) is 22.4 Å². The van der Waals surface area contributed by atoms with E-state index in [1.165, 1.54) is 6.33 Å². The summed E-state index contributed by atoms with van der Waals surface area (Å²) in [5.74, 6) is 2.11. The van der Waals surface area contributed by atoms with E-state index in [0.29, 0.717) is 10.5 Å². The Bertz CT molecular complexity index is 550. The maximum atomic E-state index is 5.68. The number of methoxy groups -OCH3 is 1. The normalized spacial score (nSPS) is 10.2. The van der Waals surface area contributed by atoms with Crippen LogP contribution in [0.1, 0.15) is 11.1 Å². The zero-order chi connectivity index (χ0) is 13.1. The van der Waals surface area contributed by atoms with Crippen LogP contribution in [0.25, 0.3) is 0 Å². The highest BCUT2D eigenvalue weighted by atomic mass is 79.9. The molecule has 1 aromatic carbocycles. The van der Waals surface area contributed by atoms with Gasteiger partial charge in [-0.05, 0) is 53.0 Å². The molecule has 2 aromatic rings. The van der Waals surface area contributed by atoms with Crippen molar-refractivity contribution in [1.82, 2.24) is 9.97 Å². The Hall–Kier alpha value is -1.62. The van der Waals surface area contributed by atoms with Crippen molar-refractivity contribution >= 4 is 15.9 Å². The minimum absolute atomic E-state index is 0.501. The molecule has 1 heterocycles. The van der Waals surface area contributed by atoms with Gasteiger partial charge in [0, 0.05) is 6.07 Å². The molecule has 0 aliphatic carbocycles. The molecule has 0 radical (unpaired) electrons. The van der Waals surface area contributed by atoms with Crippen LogP contribution in [0.4, 0.5) is 0 Å². The number of rotatable bonds is 3. The van der Waals surface area contributed by atoms with Crippen molar-refractivity contribution in [2.45, 2.75) is 13.8 Å². The van der Waals surface area contributed by atoms with Crippen molar-refractivity contribution < 1.29 is 9.47 Å². The molecule has 0 aliphatic rings. The summed E-state index contributed by atoms with van der Waals surface area (Å²) in [6.07, 6.45) is 1.45. The topological polar surface area (TPSA) is 44.2 Å². The van der Waals surface area contributed by atoms with E-state index in [-0.39, 0.29) is 0 Å². The summed E-state index contributed by atoms with van der Waals surface area (Å²) in [5.41, 5.74) is 2.06. The van der Waals surface area contributed by atoms with Gasteiger partial charge in [-0.25, -0.2) is 9.97 Å². The monoisotopic (exact) mass is 308 g/mol. The van der Waals surface area contributed by atoms with E-state index >= 15 is 0 Å². The van der Waals surface area contributed by atoms with Gasteiger partial charge in [-0.2, -0.15) is 0 Å². The number of aromatic nitrogens is 2. The molecule has 0 fully saturated rings. The molecular weight excluding hydrogens is 296 g/mol. The van der Waals surface area contributed by atoms with Gasteiger partial charge >= 0.3 is 0 Å². The lowest BCUT2D eigenvalue weighted by molar-refractivity contribution is 0.405. The molecule has 0 unspecified atom stereocenters. The molecule has 0 spiro atoms. The second-order valence-corrected chi connectivity index (χ2v) is 4.68. The molecule has 0 saturated carbocycles. The van der Waals surface area contributed by atoms with Crippen molar-refractivity contribution in [3.8, 4) is 17.4 Å². The fourth-order valence-corrected chi connectivity index (χ4v) is 2.07. The van der Waals surface area contributed by atoms with Gasteiger partial charge < -0.3 is 9.47 Å². The Morgan fingerprint density at radius 2 is 1.72 bits per heavy atom. The third-order valence-electron chi connectivity index (χ3n) is 2.47. The van der Waals surface area contributed by atoms with Gasteiger partial charge in [-0.15, -0.1) is 0 Å². The van der Waals surface area contributed by atoms with Crippen LogP contribution in [0.5, 0.6) is 17.4 Å². The molecule has 94 valence electrons. The van der Waals surface area contributed by atoms with Gasteiger partial charge in [0.05, 0.1) is 7.11 Å². The quantitative estimate of drug-likeness (QED) is 0.812. The molecule has 0 bridgehead atoms. The Balaban J connectivity index is 2.30. The molecule has 1 aromatic heterocycles. The number of benzene rings is 1. The summed E-state index contributed by atoms with van der Waals surface area (Å²) >= 11 is 3.28. The number of nitrogens with zero attached hydrogens (tertiary/aromatic N) is 2. The molecule has 18 heavy (non-hydrogen) atoms. The minimum atomic E-state index is 0.501. The van der Waals surface area contributed by atoms with Crippen LogP contribution in [-0.2, 0) is 0 Å². The molecule has 0 saturated heterocycles. The largest absolute Gasteiger partial charge is 0.496 e. The lowest BCUT2D eigenvalue weighted by Crippen LogP contribution is -1.94. The third kappa shape index (κ3) is 2.79. The van der Waals surface area contributed by atoms with Crippen molar-refractivity contribution in [2.24, 2.45) is 0 Å². The molecule has 2 rings (SSSR count). The summed E-state index contributed by atoms with van der Waals surface area (Å²) < 4.78 is 11.7. The maximum absolute atomic E-state index is 5.68. The predicted octanol–water partition coefficient (Wildman–Crippen LogP) is 3.66. The van der Waals surface area contributed by atoms with Crippen LogP contribution in [0, 0.1) is 13.8 Å². The lowest BCUT2D eigenvalue weighted by atomic mass is 10.1. The first-order valence-corrected chi connectivity index (χ1v) is 6.20. The number of halogens is 1. The van der Waals surface area contributed by atoms with Crippen LogP contribution in [0.3, 0.4) is 0 Å². The van der Waals surface area contributed by atoms with E-state index in [1.807, 2.05) is 26.0 Å². The highest BCUT2D eigenvalue weighted by Crippen LogP contribution is 2.30. The molecular formula is C13H13BrN2O2. The first kappa shape index (κ1) is 12.8.